The third-order valence-corrected chi connectivity index (χ3v) is 5.19. The molecule has 3 rings (SSSR count). The maximum Gasteiger partial charge on any atom is 0.345 e. The Morgan fingerprint density at radius 1 is 1.03 bits per heavy atom. The Kier molecular flexibility index (Phi) is 9.29. The molecular formula is C26H22Cl2N2O5. The fourth-order valence-electron chi connectivity index (χ4n) is 2.98. The van der Waals surface area contributed by atoms with Crippen molar-refractivity contribution in [1.82, 2.24) is 5.43 Å². The van der Waals surface area contributed by atoms with Crippen LogP contribution < -0.4 is 19.6 Å². The summed E-state index contributed by atoms with van der Waals surface area (Å²) in [6.45, 7) is 3.52. The molecule has 7 nitrogen and oxygen atoms in total. The zero-order valence-electron chi connectivity index (χ0n) is 18.8. The first kappa shape index (κ1) is 25.8. The largest absolute Gasteiger partial charge is 0.493 e. The zero-order chi connectivity index (χ0) is 25.2. The minimum atomic E-state index is -0.659. The molecule has 0 aliphatic rings. The van der Waals surface area contributed by atoms with E-state index >= 15 is 0 Å². The third kappa shape index (κ3) is 7.34. The number of benzene rings is 3. The van der Waals surface area contributed by atoms with Gasteiger partial charge in [-0.2, -0.15) is 5.10 Å². The molecule has 180 valence electrons. The van der Waals surface area contributed by atoms with Crippen molar-refractivity contribution in [3.63, 3.8) is 0 Å². The summed E-state index contributed by atoms with van der Waals surface area (Å²) in [7, 11) is 1.44. The van der Waals surface area contributed by atoms with Gasteiger partial charge in [-0.25, -0.2) is 10.2 Å². The van der Waals surface area contributed by atoms with Crippen LogP contribution in [0.25, 0.3) is 0 Å². The van der Waals surface area contributed by atoms with Crippen LogP contribution in [0.4, 0.5) is 0 Å². The average Bonchev–Trinajstić information content (AvgIpc) is 2.84. The fraction of sp³-hybridized carbons (Fsp3) is 0.115. The second kappa shape index (κ2) is 12.6. The summed E-state index contributed by atoms with van der Waals surface area (Å²) in [6.07, 6.45) is 3.82. The number of hydrogen-bond acceptors (Lipinski definition) is 6. The van der Waals surface area contributed by atoms with Crippen LogP contribution in [0, 0.1) is 0 Å². The Balaban J connectivity index is 1.58. The van der Waals surface area contributed by atoms with E-state index in [1.54, 1.807) is 36.4 Å². The molecule has 0 aromatic heterocycles. The molecule has 0 aliphatic heterocycles. The van der Waals surface area contributed by atoms with Gasteiger partial charge >= 0.3 is 5.97 Å². The SMILES string of the molecule is C=CCc1ccccc1OCC(=O)NN=Cc1ccc(OC(=O)c2ccc(Cl)cc2Cl)c(OC)c1. The molecule has 0 spiro atoms. The number of ether oxygens (including phenoxy) is 3. The normalized spacial score (nSPS) is 10.6. The smallest absolute Gasteiger partial charge is 0.345 e. The number of carbonyl (C=O) groups is 2. The predicted molar refractivity (Wildman–Crippen MR) is 136 cm³/mol. The highest BCUT2D eigenvalue weighted by molar-refractivity contribution is 6.36. The quantitative estimate of drug-likeness (QED) is 0.128. The van der Waals surface area contributed by atoms with Crippen molar-refractivity contribution in [2.75, 3.05) is 13.7 Å². The van der Waals surface area contributed by atoms with Gasteiger partial charge < -0.3 is 14.2 Å². The first-order valence-electron chi connectivity index (χ1n) is 10.4. The van der Waals surface area contributed by atoms with Crippen LogP contribution >= 0.6 is 23.2 Å². The molecular weight excluding hydrogens is 491 g/mol. The molecule has 0 heterocycles. The molecule has 0 fully saturated rings. The highest BCUT2D eigenvalue weighted by Crippen LogP contribution is 2.30. The van der Waals surface area contributed by atoms with Crippen molar-refractivity contribution < 1.29 is 23.8 Å². The van der Waals surface area contributed by atoms with Gasteiger partial charge in [-0.1, -0.05) is 47.5 Å². The number of hydrogen-bond donors (Lipinski definition) is 1. The standard InChI is InChI=1S/C26H22Cl2N2O5/c1-3-6-18-7-4-5-8-22(18)34-16-25(31)30-29-15-17-9-12-23(24(13-17)33-2)35-26(32)20-11-10-19(27)14-21(20)28/h3-5,7-15H,1,6,16H2,2H3,(H,30,31). The summed E-state index contributed by atoms with van der Waals surface area (Å²) >= 11 is 11.9. The van der Waals surface area contributed by atoms with E-state index in [2.05, 4.69) is 17.1 Å². The van der Waals surface area contributed by atoms with Gasteiger partial charge in [0.15, 0.2) is 18.1 Å². The van der Waals surface area contributed by atoms with Crippen LogP contribution in [-0.2, 0) is 11.2 Å². The lowest BCUT2D eigenvalue weighted by Crippen LogP contribution is -2.24. The fourth-order valence-corrected chi connectivity index (χ4v) is 3.47. The average molecular weight is 513 g/mol. The Hall–Kier alpha value is -3.81. The Bertz CT molecular complexity index is 1260. The lowest BCUT2D eigenvalue weighted by atomic mass is 10.1. The van der Waals surface area contributed by atoms with Crippen LogP contribution in [0.15, 0.2) is 78.4 Å². The molecule has 0 bridgehead atoms. The lowest BCUT2D eigenvalue weighted by Gasteiger charge is -2.11. The molecule has 1 amide bonds. The number of methoxy groups -OCH3 is 1. The number of hydrazone groups is 1. The number of carbonyl (C=O) groups excluding carboxylic acids is 2. The summed E-state index contributed by atoms with van der Waals surface area (Å²) in [5, 5.41) is 4.51. The number of halogens is 2. The highest BCUT2D eigenvalue weighted by atomic mass is 35.5. The van der Waals surface area contributed by atoms with E-state index < -0.39 is 11.9 Å². The number of rotatable bonds is 10. The van der Waals surface area contributed by atoms with Crippen molar-refractivity contribution in [3.8, 4) is 17.2 Å². The van der Waals surface area contributed by atoms with Gasteiger partial charge in [-0.15, -0.1) is 6.58 Å². The van der Waals surface area contributed by atoms with E-state index in [-0.39, 0.29) is 22.9 Å². The second-order valence-corrected chi connectivity index (χ2v) is 7.95. The monoisotopic (exact) mass is 512 g/mol. The van der Waals surface area contributed by atoms with Gasteiger partial charge in [-0.3, -0.25) is 4.79 Å². The van der Waals surface area contributed by atoms with E-state index in [0.717, 1.165) is 5.56 Å². The van der Waals surface area contributed by atoms with Crippen LogP contribution in [-0.4, -0.2) is 31.8 Å². The van der Waals surface area contributed by atoms with Crippen LogP contribution in [0.1, 0.15) is 21.5 Å². The van der Waals surface area contributed by atoms with Gasteiger partial charge in [0, 0.05) is 5.02 Å². The van der Waals surface area contributed by atoms with Crippen molar-refractivity contribution in [1.29, 1.82) is 0 Å². The number of nitrogens with zero attached hydrogens (tertiary/aromatic N) is 1. The summed E-state index contributed by atoms with van der Waals surface area (Å²) in [5.74, 6) is 0.0128. The molecule has 0 atom stereocenters. The van der Waals surface area contributed by atoms with Crippen molar-refractivity contribution in [3.05, 3.63) is 100 Å². The van der Waals surface area contributed by atoms with Crippen LogP contribution in [0.2, 0.25) is 10.0 Å². The Labute approximate surface area is 212 Å². The molecule has 0 saturated carbocycles. The van der Waals surface area contributed by atoms with E-state index in [1.165, 1.54) is 25.5 Å². The second-order valence-electron chi connectivity index (χ2n) is 7.11. The summed E-state index contributed by atoms with van der Waals surface area (Å²) in [5.41, 5.74) is 4.11. The van der Waals surface area contributed by atoms with Gasteiger partial charge in [0.2, 0.25) is 0 Å². The number of para-hydroxylation sites is 1. The first-order valence-corrected chi connectivity index (χ1v) is 11.2. The van der Waals surface area contributed by atoms with Crippen molar-refractivity contribution in [2.45, 2.75) is 6.42 Å². The first-order chi connectivity index (χ1) is 16.9. The Morgan fingerprint density at radius 3 is 2.57 bits per heavy atom. The van der Waals surface area contributed by atoms with Gasteiger partial charge in [-0.05, 0) is 60.0 Å². The predicted octanol–water partition coefficient (Wildman–Crippen LogP) is 5.48. The third-order valence-electron chi connectivity index (χ3n) is 4.64. The number of esters is 1. The number of amides is 1. The van der Waals surface area contributed by atoms with Crippen molar-refractivity contribution in [2.24, 2.45) is 5.10 Å². The lowest BCUT2D eigenvalue weighted by molar-refractivity contribution is -0.123. The number of nitrogens with one attached hydrogen (secondary N) is 1. The molecule has 3 aromatic carbocycles. The highest BCUT2D eigenvalue weighted by Gasteiger charge is 2.16. The van der Waals surface area contributed by atoms with Crippen LogP contribution in [0.3, 0.4) is 0 Å². The molecule has 3 aromatic rings. The molecule has 0 saturated heterocycles. The number of allylic oxidation sites excluding steroid dienone is 1. The molecule has 0 radical (unpaired) electrons. The van der Waals surface area contributed by atoms with Gasteiger partial charge in [0.1, 0.15) is 5.75 Å². The summed E-state index contributed by atoms with van der Waals surface area (Å²) < 4.78 is 16.3. The molecule has 0 unspecified atom stereocenters. The van der Waals surface area contributed by atoms with E-state index in [4.69, 9.17) is 37.4 Å². The minimum Gasteiger partial charge on any atom is -0.493 e. The Morgan fingerprint density at radius 2 is 1.83 bits per heavy atom. The van der Waals surface area contributed by atoms with Gasteiger partial charge in [0.25, 0.3) is 5.91 Å². The van der Waals surface area contributed by atoms with Crippen molar-refractivity contribution >= 4 is 41.3 Å². The van der Waals surface area contributed by atoms with E-state index in [9.17, 15) is 9.59 Å². The maximum atomic E-state index is 12.5. The molecule has 0 aliphatic carbocycles. The topological polar surface area (TPSA) is 86.2 Å². The van der Waals surface area contributed by atoms with E-state index in [0.29, 0.717) is 28.5 Å². The maximum absolute atomic E-state index is 12.5. The molecule has 35 heavy (non-hydrogen) atoms. The molecule has 9 heteroatoms. The van der Waals surface area contributed by atoms with E-state index in [1.807, 2.05) is 18.2 Å². The summed E-state index contributed by atoms with van der Waals surface area (Å²) in [6, 6.07) is 16.7. The molecule has 1 N–H and O–H groups in total. The summed E-state index contributed by atoms with van der Waals surface area (Å²) in [4.78, 5) is 24.6. The van der Waals surface area contributed by atoms with Gasteiger partial charge in [0.05, 0.1) is 23.9 Å². The van der Waals surface area contributed by atoms with Crippen LogP contribution in [0.5, 0.6) is 17.2 Å². The zero-order valence-corrected chi connectivity index (χ0v) is 20.3. The minimum absolute atomic E-state index is 0.167.